The summed E-state index contributed by atoms with van der Waals surface area (Å²) in [4.78, 5) is 0. The van der Waals surface area contributed by atoms with Crippen molar-refractivity contribution < 1.29 is 0 Å². The smallest absolute Gasteiger partial charge is 0.186 e. The monoisotopic (exact) mass is 281 g/mol. The van der Waals surface area contributed by atoms with Gasteiger partial charge < -0.3 is 11.1 Å². The molecular weight excluding hydrogens is 262 g/mol. The van der Waals surface area contributed by atoms with Crippen LogP contribution < -0.4 is 11.1 Å². The Hall–Kier alpha value is -2.19. The van der Waals surface area contributed by atoms with Crippen LogP contribution in [0.1, 0.15) is 37.8 Å². The molecule has 0 unspecified atom stereocenters. The number of rotatable bonds is 3. The maximum atomic E-state index is 9.26. The number of aromatic nitrogens is 2. The van der Waals surface area contributed by atoms with Gasteiger partial charge >= 0.3 is 0 Å². The molecule has 1 aliphatic carbocycles. The lowest BCUT2D eigenvalue weighted by molar-refractivity contribution is 0.311. The molecule has 1 aromatic carbocycles. The van der Waals surface area contributed by atoms with E-state index in [1.807, 2.05) is 24.3 Å². The van der Waals surface area contributed by atoms with Crippen molar-refractivity contribution in [2.75, 3.05) is 11.9 Å². The summed E-state index contributed by atoms with van der Waals surface area (Å²) in [7, 11) is 0. The van der Waals surface area contributed by atoms with Crippen molar-refractivity contribution in [3.05, 3.63) is 30.0 Å². The number of nitrogens with one attached hydrogen (secondary N) is 1. The molecule has 0 atom stereocenters. The molecule has 0 radical (unpaired) electrons. The molecule has 5 nitrogen and oxygen atoms in total. The highest BCUT2D eigenvalue weighted by atomic mass is 15.1. The summed E-state index contributed by atoms with van der Waals surface area (Å²) in [5, 5.41) is 21.6. The summed E-state index contributed by atoms with van der Waals surface area (Å²) in [6, 6.07) is 9.82. The molecule has 0 spiro atoms. The van der Waals surface area contributed by atoms with Crippen LogP contribution in [0.25, 0.3) is 10.9 Å². The van der Waals surface area contributed by atoms with Crippen molar-refractivity contribution in [2.45, 2.75) is 37.6 Å². The first-order valence-corrected chi connectivity index (χ1v) is 7.40. The maximum Gasteiger partial charge on any atom is 0.186 e. The molecule has 0 aliphatic heterocycles. The molecule has 21 heavy (non-hydrogen) atoms. The predicted molar refractivity (Wildman–Crippen MR) is 82.7 cm³/mol. The second-order valence-corrected chi connectivity index (χ2v) is 5.83. The lowest BCUT2D eigenvalue weighted by Crippen LogP contribution is -2.47. The summed E-state index contributed by atoms with van der Waals surface area (Å²) in [6.45, 7) is 0.664. The Labute approximate surface area is 124 Å². The zero-order valence-electron chi connectivity index (χ0n) is 12.0. The van der Waals surface area contributed by atoms with E-state index >= 15 is 0 Å². The minimum Gasteiger partial charge on any atom is -0.380 e. The Balaban J connectivity index is 1.90. The van der Waals surface area contributed by atoms with Crippen LogP contribution in [0.5, 0.6) is 0 Å². The predicted octanol–water partition coefficient (Wildman–Crippen LogP) is 2.57. The molecule has 0 bridgehead atoms. The first-order valence-electron chi connectivity index (χ1n) is 7.40. The van der Waals surface area contributed by atoms with Crippen molar-refractivity contribution >= 4 is 16.6 Å². The summed E-state index contributed by atoms with van der Waals surface area (Å²) >= 11 is 0. The Morgan fingerprint density at radius 1 is 1.19 bits per heavy atom. The van der Waals surface area contributed by atoms with Gasteiger partial charge in [-0.3, -0.25) is 0 Å². The highest BCUT2D eigenvalue weighted by Crippen LogP contribution is 2.28. The van der Waals surface area contributed by atoms with Gasteiger partial charge in [0.25, 0.3) is 0 Å². The zero-order valence-corrected chi connectivity index (χ0v) is 12.0. The molecule has 0 saturated heterocycles. The number of fused-ring (bicyclic) bond motifs is 1. The fourth-order valence-corrected chi connectivity index (χ4v) is 3.01. The van der Waals surface area contributed by atoms with Crippen LogP contribution in [0.2, 0.25) is 0 Å². The van der Waals surface area contributed by atoms with Gasteiger partial charge in [-0.15, -0.1) is 10.2 Å². The molecule has 108 valence electrons. The van der Waals surface area contributed by atoms with Crippen LogP contribution in [-0.4, -0.2) is 22.3 Å². The molecule has 3 N–H and O–H groups in total. The van der Waals surface area contributed by atoms with E-state index in [2.05, 4.69) is 21.6 Å². The van der Waals surface area contributed by atoms with Crippen LogP contribution in [-0.2, 0) is 0 Å². The molecule has 1 saturated carbocycles. The van der Waals surface area contributed by atoms with Crippen molar-refractivity contribution in [3.8, 4) is 6.07 Å². The highest BCUT2D eigenvalue weighted by Gasteiger charge is 2.27. The van der Waals surface area contributed by atoms with Gasteiger partial charge in [0.05, 0.1) is 11.2 Å². The average molecular weight is 281 g/mol. The van der Waals surface area contributed by atoms with Crippen LogP contribution >= 0.6 is 0 Å². The molecule has 5 heteroatoms. The number of nitrogens with zero attached hydrogens (tertiary/aromatic N) is 3. The second kappa shape index (κ2) is 5.66. The third kappa shape index (κ3) is 2.81. The molecule has 1 heterocycles. The van der Waals surface area contributed by atoms with E-state index in [9.17, 15) is 5.26 Å². The van der Waals surface area contributed by atoms with E-state index in [1.54, 1.807) is 0 Å². The zero-order chi connectivity index (χ0) is 14.7. The molecule has 2 aromatic rings. The van der Waals surface area contributed by atoms with Gasteiger partial charge in [0.1, 0.15) is 6.07 Å². The van der Waals surface area contributed by atoms with Gasteiger partial charge in [-0.1, -0.05) is 37.5 Å². The van der Waals surface area contributed by atoms with Gasteiger partial charge in [0, 0.05) is 17.5 Å². The van der Waals surface area contributed by atoms with E-state index < -0.39 is 0 Å². The Bertz CT molecular complexity index is 683. The van der Waals surface area contributed by atoms with Crippen molar-refractivity contribution in [3.63, 3.8) is 0 Å². The van der Waals surface area contributed by atoms with E-state index in [1.165, 1.54) is 19.3 Å². The Morgan fingerprint density at radius 3 is 2.71 bits per heavy atom. The van der Waals surface area contributed by atoms with Gasteiger partial charge in [-0.2, -0.15) is 5.26 Å². The third-order valence-corrected chi connectivity index (χ3v) is 4.24. The maximum absolute atomic E-state index is 9.26. The van der Waals surface area contributed by atoms with Crippen LogP contribution in [0.4, 0.5) is 5.69 Å². The number of anilines is 1. The fourth-order valence-electron chi connectivity index (χ4n) is 3.01. The molecular formula is C16H19N5. The van der Waals surface area contributed by atoms with Crippen molar-refractivity contribution in [1.82, 2.24) is 10.2 Å². The number of nitrogens with two attached hydrogens (primary N) is 1. The standard InChI is InChI=1S/C16H19N5/c17-10-14-15(12-6-2-3-7-13(12)20-21-14)19-11-16(18)8-4-1-5-9-16/h2-3,6-7H,1,4-5,8-9,11,18H2,(H,19,20). The van der Waals surface area contributed by atoms with Crippen molar-refractivity contribution in [2.24, 2.45) is 5.73 Å². The molecule has 1 aliphatic rings. The quantitative estimate of drug-likeness (QED) is 0.902. The van der Waals surface area contributed by atoms with E-state index in [4.69, 9.17) is 5.73 Å². The molecule has 1 aromatic heterocycles. The highest BCUT2D eigenvalue weighted by molar-refractivity contribution is 5.92. The number of nitriles is 1. The average Bonchev–Trinajstić information content (AvgIpc) is 2.53. The summed E-state index contributed by atoms with van der Waals surface area (Å²) < 4.78 is 0. The largest absolute Gasteiger partial charge is 0.380 e. The van der Waals surface area contributed by atoms with Crippen LogP contribution in [0.3, 0.4) is 0 Å². The van der Waals surface area contributed by atoms with Crippen molar-refractivity contribution in [1.29, 1.82) is 5.26 Å². The summed E-state index contributed by atoms with van der Waals surface area (Å²) in [6.07, 6.45) is 5.68. The van der Waals surface area contributed by atoms with Gasteiger partial charge in [-0.05, 0) is 18.9 Å². The van der Waals surface area contributed by atoms with Crippen LogP contribution in [0, 0.1) is 11.3 Å². The lowest BCUT2D eigenvalue weighted by atomic mass is 9.82. The number of hydrogen-bond donors (Lipinski definition) is 2. The fraction of sp³-hybridized carbons (Fsp3) is 0.438. The normalized spacial score (nSPS) is 17.3. The first-order chi connectivity index (χ1) is 10.2. The molecule has 3 rings (SSSR count). The Morgan fingerprint density at radius 2 is 1.95 bits per heavy atom. The lowest BCUT2D eigenvalue weighted by Gasteiger charge is -2.34. The van der Waals surface area contributed by atoms with Crippen LogP contribution in [0.15, 0.2) is 24.3 Å². The van der Waals surface area contributed by atoms with E-state index in [-0.39, 0.29) is 5.54 Å². The minimum absolute atomic E-state index is 0.185. The summed E-state index contributed by atoms with van der Waals surface area (Å²) in [5.74, 6) is 0. The summed E-state index contributed by atoms with van der Waals surface area (Å²) in [5.41, 5.74) is 8.14. The SMILES string of the molecule is N#Cc1nnc2ccccc2c1NCC1(N)CCCCC1. The Kier molecular flexibility index (Phi) is 3.72. The van der Waals surface area contributed by atoms with Gasteiger partial charge in [0.2, 0.25) is 0 Å². The number of hydrogen-bond acceptors (Lipinski definition) is 5. The molecule has 0 amide bonds. The third-order valence-electron chi connectivity index (χ3n) is 4.24. The van der Waals surface area contributed by atoms with Gasteiger partial charge in [-0.25, -0.2) is 0 Å². The topological polar surface area (TPSA) is 87.6 Å². The molecule has 1 fully saturated rings. The van der Waals surface area contributed by atoms with E-state index in [0.29, 0.717) is 12.2 Å². The van der Waals surface area contributed by atoms with Gasteiger partial charge in [0.15, 0.2) is 5.69 Å². The first kappa shape index (κ1) is 13.8. The second-order valence-electron chi connectivity index (χ2n) is 5.83. The van der Waals surface area contributed by atoms with E-state index in [0.717, 1.165) is 29.4 Å². The number of benzene rings is 1. The minimum atomic E-state index is -0.185.